The fraction of sp³-hybridized carbons (Fsp3) is 0.750. The Morgan fingerprint density at radius 3 is 1.69 bits per heavy atom. The normalized spacial score (nSPS) is 15.0. The van der Waals surface area contributed by atoms with E-state index in [1.165, 1.54) is 26.1 Å². The molecule has 0 N–H and O–H groups in total. The Hall–Kier alpha value is -0.910. The minimum absolute atomic E-state index is 0.225. The molecule has 170 valence electrons. The van der Waals surface area contributed by atoms with E-state index in [0.717, 1.165) is 12.8 Å². The van der Waals surface area contributed by atoms with Gasteiger partial charge in [-0.1, -0.05) is 66.7 Å². The Kier molecular flexibility index (Phi) is 14.5. The van der Waals surface area contributed by atoms with Gasteiger partial charge in [-0.15, -0.1) is 0 Å². The van der Waals surface area contributed by atoms with Gasteiger partial charge in [-0.3, -0.25) is 4.18 Å². The highest BCUT2D eigenvalue weighted by Crippen LogP contribution is 2.24. The van der Waals surface area contributed by atoms with Crippen LogP contribution in [0.3, 0.4) is 0 Å². The van der Waals surface area contributed by atoms with Gasteiger partial charge in [0.2, 0.25) is 0 Å². The highest BCUT2D eigenvalue weighted by atomic mass is 32.2. The fourth-order valence-corrected chi connectivity index (χ4v) is 4.93. The number of benzene rings is 1. The second kappa shape index (κ2) is 15.0. The first-order valence-electron chi connectivity index (χ1n) is 11.3. The summed E-state index contributed by atoms with van der Waals surface area (Å²) in [5.74, 6) is 1.82. The number of rotatable bonds is 12. The van der Waals surface area contributed by atoms with Gasteiger partial charge in [-0.05, 0) is 75.7 Å². The molecule has 0 aliphatic carbocycles. The van der Waals surface area contributed by atoms with Gasteiger partial charge < -0.3 is 4.90 Å². The van der Waals surface area contributed by atoms with E-state index in [0.29, 0.717) is 17.8 Å². The first kappa shape index (κ1) is 28.1. The van der Waals surface area contributed by atoms with Crippen LogP contribution in [0.15, 0.2) is 35.2 Å². The van der Waals surface area contributed by atoms with Gasteiger partial charge in [0.25, 0.3) is 10.1 Å². The first-order valence-corrected chi connectivity index (χ1v) is 12.7. The topological polar surface area (TPSA) is 46.6 Å². The molecular formula is C24H45NO3S. The molecule has 3 atom stereocenters. The summed E-state index contributed by atoms with van der Waals surface area (Å²) < 4.78 is 29.7. The van der Waals surface area contributed by atoms with Crippen LogP contribution in [-0.4, -0.2) is 39.1 Å². The zero-order valence-electron chi connectivity index (χ0n) is 20.0. The monoisotopic (exact) mass is 427 g/mol. The predicted molar refractivity (Wildman–Crippen MR) is 125 cm³/mol. The largest absolute Gasteiger partial charge is 0.304 e. The molecule has 29 heavy (non-hydrogen) atoms. The summed E-state index contributed by atoms with van der Waals surface area (Å²) in [4.78, 5) is 2.60. The van der Waals surface area contributed by atoms with Gasteiger partial charge in [0.05, 0.1) is 11.0 Å². The molecule has 5 heteroatoms. The van der Waals surface area contributed by atoms with Crippen molar-refractivity contribution in [3.8, 4) is 0 Å². The molecule has 3 unspecified atom stereocenters. The quantitative estimate of drug-likeness (QED) is 0.371. The molecule has 0 spiro atoms. The lowest BCUT2D eigenvalue weighted by molar-refractivity contribution is 0.185. The molecule has 4 nitrogen and oxygen atoms in total. The lowest BCUT2D eigenvalue weighted by Gasteiger charge is -2.21. The van der Waals surface area contributed by atoms with Gasteiger partial charge in [-0.25, -0.2) is 0 Å². The van der Waals surface area contributed by atoms with Crippen LogP contribution >= 0.6 is 0 Å². The van der Waals surface area contributed by atoms with Gasteiger partial charge in [-0.2, -0.15) is 8.42 Å². The molecule has 1 aromatic carbocycles. The third kappa shape index (κ3) is 13.1. The maximum Gasteiger partial charge on any atom is 0.297 e. The summed E-state index contributed by atoms with van der Waals surface area (Å²) in [6.07, 6.45) is 2.78. The van der Waals surface area contributed by atoms with Crippen LogP contribution in [0.25, 0.3) is 0 Å². The number of hydrogen-bond donors (Lipinski definition) is 0. The molecule has 0 aromatic heterocycles. The average molecular weight is 428 g/mol. The summed E-state index contributed by atoms with van der Waals surface area (Å²) >= 11 is 0. The fourth-order valence-electron chi connectivity index (χ4n) is 3.82. The second-order valence-corrected chi connectivity index (χ2v) is 10.2. The Labute approximate surface area is 181 Å². The van der Waals surface area contributed by atoms with Crippen molar-refractivity contribution in [2.75, 3.05) is 19.6 Å². The van der Waals surface area contributed by atoms with E-state index >= 15 is 0 Å². The molecule has 0 saturated heterocycles. The van der Waals surface area contributed by atoms with Gasteiger partial charge in [0.15, 0.2) is 0 Å². The van der Waals surface area contributed by atoms with E-state index in [1.54, 1.807) is 30.3 Å². The minimum Gasteiger partial charge on any atom is -0.304 e. The molecule has 0 fully saturated rings. The van der Waals surface area contributed by atoms with Crippen molar-refractivity contribution in [3.05, 3.63) is 30.3 Å². The molecule has 0 aliphatic heterocycles. The Morgan fingerprint density at radius 2 is 1.28 bits per heavy atom. The van der Waals surface area contributed by atoms with E-state index in [1.807, 2.05) is 6.92 Å². The number of hydrogen-bond acceptors (Lipinski definition) is 4. The van der Waals surface area contributed by atoms with Crippen LogP contribution in [0, 0.1) is 17.8 Å². The molecule has 1 aromatic rings. The van der Waals surface area contributed by atoms with Gasteiger partial charge in [0, 0.05) is 0 Å². The van der Waals surface area contributed by atoms with Gasteiger partial charge >= 0.3 is 0 Å². The van der Waals surface area contributed by atoms with E-state index in [4.69, 9.17) is 4.18 Å². The first-order chi connectivity index (χ1) is 13.5. The predicted octanol–water partition coefficient (Wildman–Crippen LogP) is 6.23. The van der Waals surface area contributed by atoms with Crippen LogP contribution in [0.2, 0.25) is 0 Å². The molecule has 1 rings (SSSR count). The summed E-state index contributed by atoms with van der Waals surface area (Å²) in [5, 5.41) is 0. The Bertz CT molecular complexity index is 607. The summed E-state index contributed by atoms with van der Waals surface area (Å²) in [5.41, 5.74) is 0. The van der Waals surface area contributed by atoms with Crippen LogP contribution < -0.4 is 0 Å². The van der Waals surface area contributed by atoms with Crippen LogP contribution in [0.4, 0.5) is 0 Å². The van der Waals surface area contributed by atoms with Crippen molar-refractivity contribution in [2.24, 2.45) is 17.8 Å². The average Bonchev–Trinajstić information content (AvgIpc) is 2.63. The Morgan fingerprint density at radius 1 is 0.793 bits per heavy atom. The lowest BCUT2D eigenvalue weighted by Crippen LogP contribution is -2.21. The van der Waals surface area contributed by atoms with Crippen LogP contribution in [0.5, 0.6) is 0 Å². The molecular weight excluding hydrogens is 382 g/mol. The van der Waals surface area contributed by atoms with Crippen molar-refractivity contribution in [1.29, 1.82) is 0 Å². The maximum absolute atomic E-state index is 12.2. The molecule has 0 radical (unpaired) electrons. The summed E-state index contributed by atoms with van der Waals surface area (Å²) in [6, 6.07) is 8.33. The molecule has 0 bridgehead atoms. The summed E-state index contributed by atoms with van der Waals surface area (Å²) in [6.45, 7) is 20.9. The molecule has 0 aliphatic rings. The van der Waals surface area contributed by atoms with Crippen molar-refractivity contribution in [3.63, 3.8) is 0 Å². The van der Waals surface area contributed by atoms with Crippen molar-refractivity contribution in [2.45, 2.75) is 85.7 Å². The van der Waals surface area contributed by atoms with Crippen molar-refractivity contribution in [1.82, 2.24) is 4.90 Å². The highest BCUT2D eigenvalue weighted by molar-refractivity contribution is 7.86. The smallest absolute Gasteiger partial charge is 0.297 e. The van der Waals surface area contributed by atoms with E-state index in [2.05, 4.69) is 53.4 Å². The molecule has 0 saturated carbocycles. The highest BCUT2D eigenvalue weighted by Gasteiger charge is 2.21. The summed E-state index contributed by atoms with van der Waals surface area (Å²) in [7, 11) is -3.65. The van der Waals surface area contributed by atoms with Crippen LogP contribution in [0.1, 0.15) is 74.7 Å². The second-order valence-electron chi connectivity index (χ2n) is 8.60. The van der Waals surface area contributed by atoms with E-state index in [-0.39, 0.29) is 11.0 Å². The van der Waals surface area contributed by atoms with E-state index < -0.39 is 10.1 Å². The third-order valence-electron chi connectivity index (χ3n) is 5.08. The Balaban J connectivity index is 0.000000956. The standard InChI is InChI=1S/C18H30O3S.C6H15N/c1-14(2)11-15(3)12-16(4)13-17(5)21-22(19,20)18-9-7-6-8-10-18;1-4-7(5-2)6-3/h6-10,14-17H,11-13H2,1-5H3;4-6H2,1-3H3. The number of nitrogens with zero attached hydrogens (tertiary/aromatic N) is 1. The van der Waals surface area contributed by atoms with Crippen molar-refractivity contribution < 1.29 is 12.6 Å². The van der Waals surface area contributed by atoms with Crippen molar-refractivity contribution >= 4 is 10.1 Å². The zero-order valence-corrected chi connectivity index (χ0v) is 20.8. The van der Waals surface area contributed by atoms with E-state index in [9.17, 15) is 8.42 Å². The molecule has 0 heterocycles. The SMILES string of the molecule is CC(C)CC(C)CC(C)CC(C)OS(=O)(=O)c1ccccc1.CCN(CC)CC. The van der Waals surface area contributed by atoms with Gasteiger partial charge in [0.1, 0.15) is 0 Å². The lowest BCUT2D eigenvalue weighted by atomic mass is 9.88. The minimum atomic E-state index is -3.65. The van der Waals surface area contributed by atoms with Crippen LogP contribution in [-0.2, 0) is 14.3 Å². The molecule has 0 amide bonds. The zero-order chi connectivity index (χ0) is 22.4. The maximum atomic E-state index is 12.2. The third-order valence-corrected chi connectivity index (χ3v) is 6.51.